The molecule has 7 heteroatoms. The summed E-state index contributed by atoms with van der Waals surface area (Å²) in [6, 6.07) is 0. The van der Waals surface area contributed by atoms with Crippen LogP contribution in [0.3, 0.4) is 0 Å². The molecule has 16 heavy (non-hydrogen) atoms. The zero-order chi connectivity index (χ0) is 11.8. The lowest BCUT2D eigenvalue weighted by Crippen LogP contribution is -2.14. The van der Waals surface area contributed by atoms with Gasteiger partial charge in [-0.2, -0.15) is 0 Å². The number of aromatic nitrogens is 2. The fraction of sp³-hybridized carbons (Fsp3) is 0.556. The predicted octanol–water partition coefficient (Wildman–Crippen LogP) is 1.21. The second-order valence-corrected chi connectivity index (χ2v) is 3.85. The smallest absolute Gasteiger partial charge is 0.306 e. The third kappa shape index (κ3) is 4.83. The number of anilines is 1. The third-order valence-corrected chi connectivity index (χ3v) is 2.24. The number of amides is 1. The molecule has 0 saturated heterocycles. The number of carbonyl (C=O) groups is 2. The number of hydrogen-bond donors (Lipinski definition) is 1. The van der Waals surface area contributed by atoms with Gasteiger partial charge in [-0.15, -0.1) is 10.2 Å². The van der Waals surface area contributed by atoms with Gasteiger partial charge in [-0.3, -0.25) is 9.59 Å². The molecule has 1 N–H and O–H groups in total. The van der Waals surface area contributed by atoms with Crippen molar-refractivity contribution in [2.24, 2.45) is 0 Å². The molecule has 1 aromatic rings. The molecule has 6 nitrogen and oxygen atoms in total. The summed E-state index contributed by atoms with van der Waals surface area (Å²) in [4.78, 5) is 22.4. The highest BCUT2D eigenvalue weighted by molar-refractivity contribution is 7.13. The van der Waals surface area contributed by atoms with Crippen molar-refractivity contribution in [3.05, 3.63) is 5.51 Å². The number of carbonyl (C=O) groups excluding carboxylic acids is 2. The first-order chi connectivity index (χ1) is 7.72. The van der Waals surface area contributed by atoms with Gasteiger partial charge < -0.3 is 10.1 Å². The molecular formula is C9H13N3O3S. The van der Waals surface area contributed by atoms with E-state index in [0.29, 0.717) is 11.7 Å². The van der Waals surface area contributed by atoms with E-state index >= 15 is 0 Å². The van der Waals surface area contributed by atoms with Gasteiger partial charge in [0, 0.05) is 6.42 Å². The first-order valence-corrected chi connectivity index (χ1v) is 5.82. The topological polar surface area (TPSA) is 81.2 Å². The lowest BCUT2D eigenvalue weighted by atomic mass is 10.3. The van der Waals surface area contributed by atoms with Crippen molar-refractivity contribution < 1.29 is 14.3 Å². The summed E-state index contributed by atoms with van der Waals surface area (Å²) < 4.78 is 4.83. The van der Waals surface area contributed by atoms with Gasteiger partial charge in [-0.25, -0.2) is 0 Å². The summed E-state index contributed by atoms with van der Waals surface area (Å²) in [5, 5.41) is 10.2. The quantitative estimate of drug-likeness (QED) is 0.759. The Balaban J connectivity index is 2.17. The summed E-state index contributed by atoms with van der Waals surface area (Å²) in [5.41, 5.74) is 1.52. The van der Waals surface area contributed by atoms with Crippen LogP contribution in [0.2, 0.25) is 0 Å². The van der Waals surface area contributed by atoms with Gasteiger partial charge in [0.25, 0.3) is 0 Å². The maximum absolute atomic E-state index is 11.3. The molecule has 1 aromatic heterocycles. The van der Waals surface area contributed by atoms with Crippen LogP contribution in [-0.2, 0) is 14.3 Å². The number of esters is 1. The predicted molar refractivity (Wildman–Crippen MR) is 59.0 cm³/mol. The Labute approximate surface area is 97.0 Å². The summed E-state index contributed by atoms with van der Waals surface area (Å²) >= 11 is 1.23. The van der Waals surface area contributed by atoms with Crippen LogP contribution in [0.15, 0.2) is 5.51 Å². The van der Waals surface area contributed by atoms with Crippen molar-refractivity contribution in [3.8, 4) is 0 Å². The van der Waals surface area contributed by atoms with Gasteiger partial charge in [0.2, 0.25) is 11.0 Å². The van der Waals surface area contributed by atoms with E-state index in [2.05, 4.69) is 15.5 Å². The minimum absolute atomic E-state index is 0.0879. The van der Waals surface area contributed by atoms with E-state index in [9.17, 15) is 9.59 Å². The first kappa shape index (κ1) is 12.6. The highest BCUT2D eigenvalue weighted by Gasteiger charge is 2.09. The van der Waals surface area contributed by atoms with Crippen LogP contribution >= 0.6 is 11.3 Å². The largest absolute Gasteiger partial charge is 0.466 e. The zero-order valence-electron chi connectivity index (χ0n) is 8.93. The van der Waals surface area contributed by atoms with Crippen LogP contribution in [0.4, 0.5) is 5.13 Å². The van der Waals surface area contributed by atoms with Crippen LogP contribution < -0.4 is 5.32 Å². The van der Waals surface area contributed by atoms with Crippen molar-refractivity contribution in [1.29, 1.82) is 0 Å². The maximum atomic E-state index is 11.3. The molecule has 0 atom stereocenters. The van der Waals surface area contributed by atoms with Gasteiger partial charge in [-0.05, 0) is 6.42 Å². The molecule has 1 rings (SSSR count). The Morgan fingerprint density at radius 2 is 2.31 bits per heavy atom. The molecule has 1 heterocycles. The molecule has 0 unspecified atom stereocenters. The zero-order valence-corrected chi connectivity index (χ0v) is 9.75. The SMILES string of the molecule is CCCOC(=O)CCC(=O)Nc1nncs1. The summed E-state index contributed by atoms with van der Waals surface area (Å²) in [6.07, 6.45) is 0.968. The summed E-state index contributed by atoms with van der Waals surface area (Å²) in [6.45, 7) is 2.31. The van der Waals surface area contributed by atoms with Gasteiger partial charge in [-0.1, -0.05) is 18.3 Å². The number of ether oxygens (including phenoxy) is 1. The summed E-state index contributed by atoms with van der Waals surface area (Å²) in [5.74, 6) is -0.612. The average Bonchev–Trinajstić information content (AvgIpc) is 2.76. The Hall–Kier alpha value is -1.50. The molecule has 0 aliphatic carbocycles. The standard InChI is InChI=1S/C9H13N3O3S/c1-2-5-15-8(14)4-3-7(13)11-9-12-10-6-16-9/h6H,2-5H2,1H3,(H,11,12,13). The van der Waals surface area contributed by atoms with E-state index in [1.807, 2.05) is 6.92 Å². The van der Waals surface area contributed by atoms with Gasteiger partial charge in [0.05, 0.1) is 13.0 Å². The van der Waals surface area contributed by atoms with Crippen molar-refractivity contribution in [1.82, 2.24) is 10.2 Å². The maximum Gasteiger partial charge on any atom is 0.306 e. The molecule has 0 bridgehead atoms. The van der Waals surface area contributed by atoms with Crippen LogP contribution in [-0.4, -0.2) is 28.7 Å². The molecule has 0 aliphatic rings. The molecular weight excluding hydrogens is 230 g/mol. The Morgan fingerprint density at radius 3 is 2.94 bits per heavy atom. The summed E-state index contributed by atoms with van der Waals surface area (Å²) in [7, 11) is 0. The minimum atomic E-state index is -0.353. The van der Waals surface area contributed by atoms with Crippen LogP contribution in [0, 0.1) is 0 Å². The number of hydrogen-bond acceptors (Lipinski definition) is 6. The van der Waals surface area contributed by atoms with Crippen LogP contribution in [0.5, 0.6) is 0 Å². The van der Waals surface area contributed by atoms with Crippen LogP contribution in [0.1, 0.15) is 26.2 Å². The van der Waals surface area contributed by atoms with E-state index in [1.54, 1.807) is 0 Å². The number of nitrogens with one attached hydrogen (secondary N) is 1. The van der Waals surface area contributed by atoms with Gasteiger partial charge >= 0.3 is 5.97 Å². The Morgan fingerprint density at radius 1 is 1.50 bits per heavy atom. The molecule has 0 fully saturated rings. The molecule has 88 valence electrons. The molecule has 0 spiro atoms. The van der Waals surface area contributed by atoms with Crippen molar-refractivity contribution in [2.45, 2.75) is 26.2 Å². The van der Waals surface area contributed by atoms with E-state index in [1.165, 1.54) is 16.8 Å². The van der Waals surface area contributed by atoms with Crippen molar-refractivity contribution in [3.63, 3.8) is 0 Å². The normalized spacial score (nSPS) is 9.81. The second kappa shape index (κ2) is 6.89. The number of nitrogens with zero attached hydrogens (tertiary/aromatic N) is 2. The van der Waals surface area contributed by atoms with Crippen molar-refractivity contribution >= 4 is 28.3 Å². The molecule has 0 aliphatic heterocycles. The number of rotatable bonds is 6. The average molecular weight is 243 g/mol. The fourth-order valence-corrected chi connectivity index (χ4v) is 1.37. The molecule has 0 radical (unpaired) electrons. The Kier molecular flexibility index (Phi) is 5.41. The van der Waals surface area contributed by atoms with E-state index in [4.69, 9.17) is 4.74 Å². The highest BCUT2D eigenvalue weighted by atomic mass is 32.1. The van der Waals surface area contributed by atoms with Crippen molar-refractivity contribution in [2.75, 3.05) is 11.9 Å². The molecule has 0 aromatic carbocycles. The van der Waals surface area contributed by atoms with Gasteiger partial charge in [0.15, 0.2) is 0 Å². The second-order valence-electron chi connectivity index (χ2n) is 3.01. The van der Waals surface area contributed by atoms with Gasteiger partial charge in [0.1, 0.15) is 5.51 Å². The van der Waals surface area contributed by atoms with E-state index < -0.39 is 0 Å². The molecule has 0 saturated carbocycles. The monoisotopic (exact) mass is 243 g/mol. The minimum Gasteiger partial charge on any atom is -0.466 e. The van der Waals surface area contributed by atoms with E-state index in [-0.39, 0.29) is 24.7 Å². The van der Waals surface area contributed by atoms with Crippen LogP contribution in [0.25, 0.3) is 0 Å². The third-order valence-electron chi connectivity index (χ3n) is 1.63. The lowest BCUT2D eigenvalue weighted by molar-refractivity contribution is -0.144. The fourth-order valence-electron chi connectivity index (χ4n) is 0.913. The lowest BCUT2D eigenvalue weighted by Gasteiger charge is -2.02. The molecule has 1 amide bonds. The van der Waals surface area contributed by atoms with E-state index in [0.717, 1.165) is 6.42 Å². The Bertz CT molecular complexity index is 340. The highest BCUT2D eigenvalue weighted by Crippen LogP contribution is 2.08. The first-order valence-electron chi connectivity index (χ1n) is 4.94.